The van der Waals surface area contributed by atoms with Crippen molar-refractivity contribution >= 4 is 17.3 Å². The van der Waals surface area contributed by atoms with Crippen molar-refractivity contribution in [2.45, 2.75) is 6.92 Å². The van der Waals surface area contributed by atoms with E-state index in [9.17, 15) is 8.78 Å². The molecule has 0 heterocycles. The van der Waals surface area contributed by atoms with E-state index in [-0.39, 0.29) is 16.3 Å². The van der Waals surface area contributed by atoms with Gasteiger partial charge in [-0.2, -0.15) is 0 Å². The molecule has 11 heavy (non-hydrogen) atoms. The normalized spacial score (nSPS) is 10.2. The molecule has 1 nitrogen and oxygen atoms in total. The van der Waals surface area contributed by atoms with Crippen LogP contribution in [0.1, 0.15) is 5.56 Å². The summed E-state index contributed by atoms with van der Waals surface area (Å²) in [5.41, 5.74) is 4.96. The first-order valence-corrected chi connectivity index (χ1v) is 3.31. The van der Waals surface area contributed by atoms with Gasteiger partial charge >= 0.3 is 0 Å². The maximum absolute atomic E-state index is 12.8. The minimum absolute atomic E-state index is 0.157. The van der Waals surface area contributed by atoms with Gasteiger partial charge < -0.3 is 5.73 Å². The molecule has 0 saturated heterocycles. The van der Waals surface area contributed by atoms with E-state index in [4.69, 9.17) is 17.3 Å². The zero-order valence-corrected chi connectivity index (χ0v) is 6.54. The van der Waals surface area contributed by atoms with Crippen LogP contribution in [-0.2, 0) is 0 Å². The summed E-state index contributed by atoms with van der Waals surface area (Å²) < 4.78 is 25.4. The molecule has 0 radical (unpaired) electrons. The molecular weight excluding hydrogens is 172 g/mol. The van der Waals surface area contributed by atoms with E-state index in [1.54, 1.807) is 0 Å². The second kappa shape index (κ2) is 2.66. The van der Waals surface area contributed by atoms with Crippen molar-refractivity contribution in [1.82, 2.24) is 0 Å². The van der Waals surface area contributed by atoms with Crippen molar-refractivity contribution < 1.29 is 8.78 Å². The Bertz CT molecular complexity index is 273. The number of nitrogen functional groups attached to an aromatic ring is 1. The van der Waals surface area contributed by atoms with Gasteiger partial charge in [-0.3, -0.25) is 0 Å². The van der Waals surface area contributed by atoms with Gasteiger partial charge in [0.2, 0.25) is 0 Å². The maximum Gasteiger partial charge on any atom is 0.150 e. The quantitative estimate of drug-likeness (QED) is 0.478. The Labute approximate surface area is 67.8 Å². The molecule has 0 spiro atoms. The Kier molecular flexibility index (Phi) is 2.00. The van der Waals surface area contributed by atoms with E-state index in [2.05, 4.69) is 0 Å². The molecule has 0 amide bonds. The molecule has 0 aliphatic carbocycles. The SMILES string of the molecule is Cc1cc(F)c(Cl)c(N)c1F. The molecule has 0 atom stereocenters. The van der Waals surface area contributed by atoms with Crippen LogP contribution >= 0.6 is 11.6 Å². The molecular formula is C7H6ClF2N. The minimum Gasteiger partial charge on any atom is -0.395 e. The predicted molar refractivity (Wildman–Crippen MR) is 40.5 cm³/mol. The van der Waals surface area contributed by atoms with Crippen LogP contribution in [0.15, 0.2) is 6.07 Å². The molecule has 0 fully saturated rings. The van der Waals surface area contributed by atoms with E-state index in [0.29, 0.717) is 0 Å². The van der Waals surface area contributed by atoms with Crippen LogP contribution in [-0.4, -0.2) is 0 Å². The van der Waals surface area contributed by atoms with Crippen molar-refractivity contribution in [3.05, 3.63) is 28.3 Å². The van der Waals surface area contributed by atoms with Crippen LogP contribution in [0, 0.1) is 18.6 Å². The number of hydrogen-bond acceptors (Lipinski definition) is 1. The van der Waals surface area contributed by atoms with E-state index in [1.807, 2.05) is 0 Å². The number of anilines is 1. The fraction of sp³-hybridized carbons (Fsp3) is 0.143. The fourth-order valence-electron chi connectivity index (χ4n) is 0.754. The maximum atomic E-state index is 12.8. The summed E-state index contributed by atoms with van der Waals surface area (Å²) in [7, 11) is 0. The molecule has 0 aliphatic heterocycles. The van der Waals surface area contributed by atoms with Gasteiger partial charge in [0.15, 0.2) is 5.82 Å². The average Bonchev–Trinajstić information content (AvgIpc) is 1.97. The van der Waals surface area contributed by atoms with E-state index in [1.165, 1.54) is 6.92 Å². The van der Waals surface area contributed by atoms with E-state index >= 15 is 0 Å². The molecule has 1 aromatic carbocycles. The molecule has 0 aromatic heterocycles. The molecule has 0 bridgehead atoms. The highest BCUT2D eigenvalue weighted by atomic mass is 35.5. The van der Waals surface area contributed by atoms with E-state index in [0.717, 1.165) is 6.07 Å². The lowest BCUT2D eigenvalue weighted by Gasteiger charge is -2.03. The van der Waals surface area contributed by atoms with Gasteiger partial charge in [0.05, 0.1) is 5.69 Å². The number of benzene rings is 1. The first-order valence-electron chi connectivity index (χ1n) is 2.93. The van der Waals surface area contributed by atoms with Gasteiger partial charge in [0.1, 0.15) is 10.8 Å². The van der Waals surface area contributed by atoms with Crippen LogP contribution in [0.4, 0.5) is 14.5 Å². The lowest BCUT2D eigenvalue weighted by Crippen LogP contribution is -1.96. The Morgan fingerprint density at radius 1 is 1.45 bits per heavy atom. The number of hydrogen-bond donors (Lipinski definition) is 1. The Morgan fingerprint density at radius 3 is 2.55 bits per heavy atom. The van der Waals surface area contributed by atoms with Crippen molar-refractivity contribution in [1.29, 1.82) is 0 Å². The third-order valence-corrected chi connectivity index (χ3v) is 1.76. The largest absolute Gasteiger partial charge is 0.395 e. The number of halogens is 3. The Hall–Kier alpha value is -0.830. The summed E-state index contributed by atoms with van der Waals surface area (Å²) in [6, 6.07) is 1.01. The van der Waals surface area contributed by atoms with Crippen LogP contribution in [0.2, 0.25) is 5.02 Å². The summed E-state index contributed by atoms with van der Waals surface area (Å²) in [6.45, 7) is 1.42. The predicted octanol–water partition coefficient (Wildman–Crippen LogP) is 2.51. The van der Waals surface area contributed by atoms with Crippen LogP contribution < -0.4 is 5.73 Å². The summed E-state index contributed by atoms with van der Waals surface area (Å²) in [6.07, 6.45) is 0. The summed E-state index contributed by atoms with van der Waals surface area (Å²) in [5, 5.41) is -0.354. The van der Waals surface area contributed by atoms with Crippen LogP contribution in [0.5, 0.6) is 0 Å². The van der Waals surface area contributed by atoms with Gasteiger partial charge in [-0.15, -0.1) is 0 Å². The highest BCUT2D eigenvalue weighted by Gasteiger charge is 2.11. The van der Waals surface area contributed by atoms with Gasteiger partial charge in [0, 0.05) is 0 Å². The zero-order valence-electron chi connectivity index (χ0n) is 5.79. The lowest BCUT2D eigenvalue weighted by molar-refractivity contribution is 0.597. The molecule has 0 aliphatic rings. The highest BCUT2D eigenvalue weighted by molar-refractivity contribution is 6.33. The van der Waals surface area contributed by atoms with Gasteiger partial charge in [-0.05, 0) is 18.6 Å². The van der Waals surface area contributed by atoms with E-state index < -0.39 is 11.6 Å². The first-order chi connectivity index (χ1) is 5.04. The van der Waals surface area contributed by atoms with Crippen LogP contribution in [0.25, 0.3) is 0 Å². The smallest absolute Gasteiger partial charge is 0.150 e. The topological polar surface area (TPSA) is 26.0 Å². The first kappa shape index (κ1) is 8.27. The van der Waals surface area contributed by atoms with Crippen molar-refractivity contribution in [2.24, 2.45) is 0 Å². The van der Waals surface area contributed by atoms with Gasteiger partial charge in [-0.1, -0.05) is 11.6 Å². The average molecular weight is 178 g/mol. The number of rotatable bonds is 0. The summed E-state index contributed by atoms with van der Waals surface area (Å²) in [5.74, 6) is -1.35. The molecule has 0 unspecified atom stereocenters. The summed E-state index contributed by atoms with van der Waals surface area (Å²) in [4.78, 5) is 0. The molecule has 4 heteroatoms. The fourth-order valence-corrected chi connectivity index (χ4v) is 0.892. The molecule has 60 valence electrons. The van der Waals surface area contributed by atoms with Crippen LogP contribution in [0.3, 0.4) is 0 Å². The third kappa shape index (κ3) is 1.28. The zero-order chi connectivity index (χ0) is 8.59. The minimum atomic E-state index is -0.692. The second-order valence-electron chi connectivity index (χ2n) is 2.22. The Morgan fingerprint density at radius 2 is 2.00 bits per heavy atom. The monoisotopic (exact) mass is 177 g/mol. The highest BCUT2D eigenvalue weighted by Crippen LogP contribution is 2.27. The van der Waals surface area contributed by atoms with Crippen molar-refractivity contribution in [3.63, 3.8) is 0 Å². The summed E-state index contributed by atoms with van der Waals surface area (Å²) >= 11 is 5.31. The molecule has 0 saturated carbocycles. The van der Waals surface area contributed by atoms with Gasteiger partial charge in [0.25, 0.3) is 0 Å². The molecule has 1 rings (SSSR count). The molecule has 1 aromatic rings. The number of nitrogens with two attached hydrogens (primary N) is 1. The van der Waals surface area contributed by atoms with Gasteiger partial charge in [-0.25, -0.2) is 8.78 Å². The molecule has 2 N–H and O–H groups in total. The third-order valence-electron chi connectivity index (χ3n) is 1.37. The Balaban J connectivity index is 3.46. The lowest BCUT2D eigenvalue weighted by atomic mass is 10.2. The standard InChI is InChI=1S/C7H6ClF2N/c1-3-2-4(9)5(8)7(11)6(3)10/h2H,11H2,1H3. The number of aryl methyl sites for hydroxylation is 1. The second-order valence-corrected chi connectivity index (χ2v) is 2.59. The van der Waals surface area contributed by atoms with Crippen molar-refractivity contribution in [3.8, 4) is 0 Å². The van der Waals surface area contributed by atoms with Crippen molar-refractivity contribution in [2.75, 3.05) is 5.73 Å².